The van der Waals surface area contributed by atoms with E-state index in [1.54, 1.807) is 18.2 Å². The molecule has 0 saturated carbocycles. The van der Waals surface area contributed by atoms with E-state index < -0.39 is 0 Å². The largest absolute Gasteiger partial charge is 0.495 e. The maximum atomic E-state index is 12.7. The molecule has 0 fully saturated rings. The zero-order valence-corrected chi connectivity index (χ0v) is 17.1. The molecular weight excluding hydrogens is 364 g/mol. The molecule has 1 unspecified atom stereocenters. The lowest BCUT2D eigenvalue weighted by atomic mass is 9.98. The van der Waals surface area contributed by atoms with Gasteiger partial charge in [-0.05, 0) is 62.2 Å². The summed E-state index contributed by atoms with van der Waals surface area (Å²) in [5.74, 6) is -0.0164. The number of nitrogens with zero attached hydrogens (tertiary/aromatic N) is 3. The van der Waals surface area contributed by atoms with Gasteiger partial charge in [0.25, 0.3) is 0 Å². The van der Waals surface area contributed by atoms with Gasteiger partial charge in [0, 0.05) is 0 Å². The van der Waals surface area contributed by atoms with Crippen LogP contribution in [-0.2, 0) is 11.3 Å². The molecule has 29 heavy (non-hydrogen) atoms. The van der Waals surface area contributed by atoms with Crippen molar-refractivity contribution in [3.05, 3.63) is 76.6 Å². The molecular formula is C23H24N4O2. The Labute approximate surface area is 170 Å². The summed E-state index contributed by atoms with van der Waals surface area (Å²) >= 11 is 0. The van der Waals surface area contributed by atoms with E-state index in [2.05, 4.69) is 22.6 Å². The van der Waals surface area contributed by atoms with E-state index in [0.29, 0.717) is 17.9 Å². The van der Waals surface area contributed by atoms with E-state index in [1.807, 2.05) is 49.7 Å². The van der Waals surface area contributed by atoms with Crippen molar-refractivity contribution in [3.63, 3.8) is 0 Å². The van der Waals surface area contributed by atoms with Crippen molar-refractivity contribution in [1.29, 1.82) is 5.26 Å². The Kier molecular flexibility index (Phi) is 5.99. The molecule has 148 valence electrons. The van der Waals surface area contributed by atoms with Crippen molar-refractivity contribution in [2.75, 3.05) is 7.11 Å². The molecule has 0 aliphatic rings. The minimum absolute atomic E-state index is 0.105. The average molecular weight is 388 g/mol. The molecule has 6 nitrogen and oxygen atoms in total. The smallest absolute Gasteiger partial charge is 0.227 e. The number of aryl methyl sites for hydroxylation is 2. The van der Waals surface area contributed by atoms with Gasteiger partial charge >= 0.3 is 0 Å². The highest BCUT2D eigenvalue weighted by Crippen LogP contribution is 2.24. The van der Waals surface area contributed by atoms with E-state index in [4.69, 9.17) is 10.00 Å². The fourth-order valence-electron chi connectivity index (χ4n) is 3.21. The van der Waals surface area contributed by atoms with Crippen LogP contribution in [0.2, 0.25) is 0 Å². The fourth-order valence-corrected chi connectivity index (χ4v) is 3.21. The molecule has 1 amide bonds. The summed E-state index contributed by atoms with van der Waals surface area (Å²) in [5.41, 5.74) is 5.15. The first-order valence-electron chi connectivity index (χ1n) is 9.41. The van der Waals surface area contributed by atoms with Crippen LogP contribution < -0.4 is 10.1 Å². The lowest BCUT2D eigenvalue weighted by Crippen LogP contribution is -2.28. The minimum atomic E-state index is -0.381. The summed E-state index contributed by atoms with van der Waals surface area (Å²) < 4.78 is 7.11. The number of nitriles is 1. The topological polar surface area (TPSA) is 79.9 Å². The number of hydrogen-bond donors (Lipinski definition) is 1. The predicted molar refractivity (Wildman–Crippen MR) is 111 cm³/mol. The Morgan fingerprint density at radius 2 is 2.03 bits per heavy atom. The first-order chi connectivity index (χ1) is 13.9. The Balaban J connectivity index is 1.75. The molecule has 2 aromatic carbocycles. The van der Waals surface area contributed by atoms with Crippen LogP contribution in [0.5, 0.6) is 5.75 Å². The molecule has 0 aliphatic heterocycles. The predicted octanol–water partition coefficient (Wildman–Crippen LogP) is 3.79. The monoisotopic (exact) mass is 388 g/mol. The lowest BCUT2D eigenvalue weighted by Gasteiger charge is -2.15. The van der Waals surface area contributed by atoms with Crippen LogP contribution >= 0.6 is 0 Å². The Morgan fingerprint density at radius 3 is 2.72 bits per heavy atom. The molecule has 1 heterocycles. The van der Waals surface area contributed by atoms with Crippen LogP contribution in [0, 0.1) is 25.2 Å². The minimum Gasteiger partial charge on any atom is -0.495 e. The van der Waals surface area contributed by atoms with Crippen LogP contribution in [0.4, 0.5) is 0 Å². The van der Waals surface area contributed by atoms with E-state index in [9.17, 15) is 4.79 Å². The molecule has 0 saturated heterocycles. The van der Waals surface area contributed by atoms with E-state index in [0.717, 1.165) is 28.2 Å². The van der Waals surface area contributed by atoms with E-state index in [-0.39, 0.29) is 11.8 Å². The molecule has 1 aromatic heterocycles. The van der Waals surface area contributed by atoms with Crippen molar-refractivity contribution in [2.24, 2.45) is 0 Å². The third-order valence-electron chi connectivity index (χ3n) is 4.83. The summed E-state index contributed by atoms with van der Waals surface area (Å²) in [6, 6.07) is 17.3. The van der Waals surface area contributed by atoms with Crippen LogP contribution in [0.15, 0.2) is 48.5 Å². The van der Waals surface area contributed by atoms with Gasteiger partial charge in [0.2, 0.25) is 5.91 Å². The van der Waals surface area contributed by atoms with Gasteiger partial charge in [0.05, 0.1) is 42.2 Å². The van der Waals surface area contributed by atoms with Crippen LogP contribution in [0.3, 0.4) is 0 Å². The average Bonchev–Trinajstić information content (AvgIpc) is 3.11. The number of aromatic nitrogens is 2. The number of carbonyl (C=O) groups excluding carboxylic acids is 1. The third kappa shape index (κ3) is 4.46. The quantitative estimate of drug-likeness (QED) is 0.697. The Bertz CT molecular complexity index is 1080. The third-order valence-corrected chi connectivity index (χ3v) is 4.83. The highest BCUT2D eigenvalue weighted by Gasteiger charge is 2.18. The summed E-state index contributed by atoms with van der Waals surface area (Å²) in [5, 5.41) is 16.7. The van der Waals surface area contributed by atoms with Crippen molar-refractivity contribution >= 4 is 5.91 Å². The molecule has 0 aliphatic carbocycles. The van der Waals surface area contributed by atoms with Gasteiger partial charge in [0.15, 0.2) is 0 Å². The first kappa shape index (κ1) is 20.2. The second-order valence-electron chi connectivity index (χ2n) is 7.04. The number of nitrogens with one attached hydrogen (secondary N) is 1. The van der Waals surface area contributed by atoms with Gasteiger partial charge in [0.1, 0.15) is 11.8 Å². The summed E-state index contributed by atoms with van der Waals surface area (Å²) in [6.45, 7) is 6.17. The molecule has 1 atom stereocenters. The van der Waals surface area contributed by atoms with Crippen molar-refractivity contribution in [2.45, 2.75) is 33.2 Å². The molecule has 1 N–H and O–H groups in total. The van der Waals surface area contributed by atoms with Gasteiger partial charge in [-0.2, -0.15) is 10.4 Å². The van der Waals surface area contributed by atoms with Gasteiger partial charge < -0.3 is 10.1 Å². The fraction of sp³-hybridized carbons (Fsp3) is 0.261. The highest BCUT2D eigenvalue weighted by atomic mass is 16.5. The van der Waals surface area contributed by atoms with E-state index >= 15 is 0 Å². The van der Waals surface area contributed by atoms with Crippen molar-refractivity contribution < 1.29 is 9.53 Å². The summed E-state index contributed by atoms with van der Waals surface area (Å²) in [7, 11) is 1.51. The first-order valence-corrected chi connectivity index (χ1v) is 9.41. The van der Waals surface area contributed by atoms with Crippen molar-refractivity contribution in [1.82, 2.24) is 15.1 Å². The molecule has 0 radical (unpaired) electrons. The maximum absolute atomic E-state index is 12.7. The number of rotatable bonds is 6. The normalized spacial score (nSPS) is 11.6. The van der Waals surface area contributed by atoms with Crippen molar-refractivity contribution in [3.8, 4) is 17.5 Å². The second-order valence-corrected chi connectivity index (χ2v) is 7.04. The van der Waals surface area contributed by atoms with Crippen LogP contribution in [0.1, 0.15) is 40.9 Å². The number of amides is 1. The number of benzene rings is 2. The van der Waals surface area contributed by atoms with Gasteiger partial charge in [-0.3, -0.25) is 4.79 Å². The summed E-state index contributed by atoms with van der Waals surface area (Å²) in [4.78, 5) is 12.7. The van der Waals surface area contributed by atoms with Crippen LogP contribution in [0.25, 0.3) is 5.69 Å². The van der Waals surface area contributed by atoms with Gasteiger partial charge in [-0.1, -0.05) is 18.2 Å². The van der Waals surface area contributed by atoms with Gasteiger partial charge in [-0.25, -0.2) is 4.68 Å². The highest BCUT2D eigenvalue weighted by molar-refractivity contribution is 5.83. The second kappa shape index (κ2) is 8.61. The number of methoxy groups -OCH3 is 1. The van der Waals surface area contributed by atoms with Gasteiger partial charge in [-0.15, -0.1) is 0 Å². The molecule has 3 rings (SSSR count). The maximum Gasteiger partial charge on any atom is 0.227 e. The Hall–Kier alpha value is -3.59. The zero-order valence-electron chi connectivity index (χ0n) is 17.1. The number of carbonyl (C=O) groups is 1. The number of ether oxygens (including phenoxy) is 1. The molecule has 3 aromatic rings. The summed E-state index contributed by atoms with van der Waals surface area (Å²) in [6.07, 6.45) is 0. The number of hydrogen-bond acceptors (Lipinski definition) is 4. The molecule has 6 heteroatoms. The SMILES string of the molecule is COc1cc(C(C)C(=O)NCc2cc(C)nn2-c2cccc(C)c2)ccc1C#N. The van der Waals surface area contributed by atoms with E-state index in [1.165, 1.54) is 7.11 Å². The standard InChI is InChI=1S/C23H24N4O2/c1-15-6-5-7-20(10-15)27-21(11-16(2)26-27)14-25-23(28)17(3)18-8-9-19(13-24)22(12-18)29-4/h5-12,17H,14H2,1-4H3,(H,25,28). The molecule has 0 bridgehead atoms. The Morgan fingerprint density at radius 1 is 1.24 bits per heavy atom. The van der Waals surface area contributed by atoms with Crippen LogP contribution in [-0.4, -0.2) is 22.8 Å². The lowest BCUT2D eigenvalue weighted by molar-refractivity contribution is -0.122. The molecule has 0 spiro atoms. The zero-order chi connectivity index (χ0) is 21.0.